The van der Waals surface area contributed by atoms with E-state index < -0.39 is 0 Å². The van der Waals surface area contributed by atoms with Crippen LogP contribution >= 0.6 is 11.6 Å². The van der Waals surface area contributed by atoms with Gasteiger partial charge in [-0.15, -0.1) is 0 Å². The fraction of sp³-hybridized carbons (Fsp3) is 0.280. The second-order valence-corrected chi connectivity index (χ2v) is 7.71. The van der Waals surface area contributed by atoms with Crippen LogP contribution in [0.5, 0.6) is 5.75 Å². The number of hydrogen-bond acceptors (Lipinski definition) is 2. The maximum atomic E-state index is 6.23. The highest BCUT2D eigenvalue weighted by atomic mass is 35.5. The van der Waals surface area contributed by atoms with Crippen LogP contribution in [0.15, 0.2) is 72.8 Å². The minimum Gasteiger partial charge on any atom is -0.489 e. The van der Waals surface area contributed by atoms with Crippen LogP contribution in [-0.2, 0) is 19.6 Å². The third-order valence-electron chi connectivity index (χ3n) is 5.02. The zero-order valence-electron chi connectivity index (χ0n) is 16.6. The molecule has 0 saturated carbocycles. The summed E-state index contributed by atoms with van der Waals surface area (Å²) in [5.41, 5.74) is 4.91. The van der Waals surface area contributed by atoms with Crippen molar-refractivity contribution in [2.75, 3.05) is 0 Å². The largest absolute Gasteiger partial charge is 0.489 e. The molecular weight excluding hydrogens is 366 g/mol. The zero-order chi connectivity index (χ0) is 19.8. The van der Waals surface area contributed by atoms with Gasteiger partial charge in [0.2, 0.25) is 0 Å². The van der Waals surface area contributed by atoms with E-state index in [4.69, 9.17) is 16.3 Å². The molecule has 0 spiro atoms. The number of ether oxygens (including phenoxy) is 1. The molecule has 0 unspecified atom stereocenters. The Morgan fingerprint density at radius 3 is 2.46 bits per heavy atom. The summed E-state index contributed by atoms with van der Waals surface area (Å²) in [6.07, 6.45) is 2.16. The van der Waals surface area contributed by atoms with Crippen molar-refractivity contribution >= 4 is 11.6 Å². The van der Waals surface area contributed by atoms with Crippen LogP contribution < -0.4 is 10.1 Å². The summed E-state index contributed by atoms with van der Waals surface area (Å²) in [6, 6.07) is 25.2. The van der Waals surface area contributed by atoms with Crippen molar-refractivity contribution in [3.05, 3.63) is 100 Å². The van der Waals surface area contributed by atoms with E-state index in [0.29, 0.717) is 12.6 Å². The first-order valence-corrected chi connectivity index (χ1v) is 10.2. The van der Waals surface area contributed by atoms with Gasteiger partial charge in [-0.1, -0.05) is 66.2 Å². The molecule has 28 heavy (non-hydrogen) atoms. The molecule has 2 nitrogen and oxygen atoms in total. The van der Waals surface area contributed by atoms with Crippen LogP contribution in [0.1, 0.15) is 35.6 Å². The first-order chi connectivity index (χ1) is 13.6. The lowest BCUT2D eigenvalue weighted by Gasteiger charge is -2.17. The van der Waals surface area contributed by atoms with E-state index in [2.05, 4.69) is 61.6 Å². The summed E-state index contributed by atoms with van der Waals surface area (Å²) < 4.78 is 6.12. The first-order valence-electron chi connectivity index (χ1n) is 9.85. The van der Waals surface area contributed by atoms with Crippen molar-refractivity contribution in [1.29, 1.82) is 0 Å². The lowest BCUT2D eigenvalue weighted by molar-refractivity contribution is 0.300. The summed E-state index contributed by atoms with van der Waals surface area (Å²) in [4.78, 5) is 0. The molecule has 0 aromatic heterocycles. The van der Waals surface area contributed by atoms with Gasteiger partial charge in [0.05, 0.1) is 0 Å². The second-order valence-electron chi connectivity index (χ2n) is 7.27. The lowest BCUT2D eigenvalue weighted by Crippen LogP contribution is -2.26. The number of nitrogens with one attached hydrogen (secondary N) is 1. The number of halogens is 1. The molecule has 3 rings (SSSR count). The van der Waals surface area contributed by atoms with Gasteiger partial charge in [0.1, 0.15) is 12.4 Å². The van der Waals surface area contributed by atoms with Crippen molar-refractivity contribution in [2.24, 2.45) is 0 Å². The summed E-state index contributed by atoms with van der Waals surface area (Å²) in [5.74, 6) is 0.885. The minimum absolute atomic E-state index is 0.406. The van der Waals surface area contributed by atoms with E-state index in [1.54, 1.807) is 0 Å². The van der Waals surface area contributed by atoms with Crippen LogP contribution in [0.2, 0.25) is 5.02 Å². The Bertz CT molecular complexity index is 879. The van der Waals surface area contributed by atoms with Crippen LogP contribution in [-0.4, -0.2) is 6.04 Å². The molecule has 0 aliphatic rings. The fourth-order valence-corrected chi connectivity index (χ4v) is 3.36. The third-order valence-corrected chi connectivity index (χ3v) is 5.25. The Morgan fingerprint density at radius 2 is 1.68 bits per heavy atom. The Labute approximate surface area is 173 Å². The van der Waals surface area contributed by atoms with Gasteiger partial charge in [-0.2, -0.15) is 0 Å². The van der Waals surface area contributed by atoms with E-state index in [1.165, 1.54) is 16.7 Å². The van der Waals surface area contributed by atoms with Gasteiger partial charge in [0.25, 0.3) is 0 Å². The molecule has 1 atom stereocenters. The predicted octanol–water partition coefficient (Wildman–Crippen LogP) is 6.34. The Hall–Kier alpha value is -2.29. The SMILES string of the molecule is Cc1ccccc1COc1ccc(Cl)cc1CN[C@@H](C)CCc1ccccc1. The van der Waals surface area contributed by atoms with Gasteiger partial charge in [0, 0.05) is 23.2 Å². The lowest BCUT2D eigenvalue weighted by atomic mass is 10.1. The van der Waals surface area contributed by atoms with Gasteiger partial charge >= 0.3 is 0 Å². The molecule has 0 radical (unpaired) electrons. The van der Waals surface area contributed by atoms with Crippen LogP contribution in [0.3, 0.4) is 0 Å². The molecule has 146 valence electrons. The molecule has 1 N–H and O–H groups in total. The quantitative estimate of drug-likeness (QED) is 0.458. The molecule has 3 heteroatoms. The average molecular weight is 394 g/mol. The highest BCUT2D eigenvalue weighted by Gasteiger charge is 2.09. The Balaban J connectivity index is 1.57. The van der Waals surface area contributed by atoms with Crippen LogP contribution in [0.4, 0.5) is 0 Å². The van der Waals surface area contributed by atoms with Crippen molar-refractivity contribution in [3.63, 3.8) is 0 Å². The van der Waals surface area contributed by atoms with Gasteiger partial charge in [-0.3, -0.25) is 0 Å². The third kappa shape index (κ3) is 6.12. The maximum absolute atomic E-state index is 6.23. The van der Waals surface area contributed by atoms with E-state index in [0.717, 1.165) is 35.7 Å². The maximum Gasteiger partial charge on any atom is 0.124 e. The highest BCUT2D eigenvalue weighted by Crippen LogP contribution is 2.24. The van der Waals surface area contributed by atoms with Crippen molar-refractivity contribution in [1.82, 2.24) is 5.32 Å². The smallest absolute Gasteiger partial charge is 0.124 e. The summed E-state index contributed by atoms with van der Waals surface area (Å²) >= 11 is 6.23. The van der Waals surface area contributed by atoms with Gasteiger partial charge in [-0.05, 0) is 61.6 Å². The molecule has 0 amide bonds. The van der Waals surface area contributed by atoms with E-state index in [1.807, 2.05) is 30.3 Å². The molecule has 0 aliphatic carbocycles. The molecule has 0 aliphatic heterocycles. The molecule has 3 aromatic carbocycles. The molecule has 0 saturated heterocycles. The van der Waals surface area contributed by atoms with Crippen LogP contribution in [0, 0.1) is 6.92 Å². The molecule has 0 bridgehead atoms. The number of hydrogen-bond donors (Lipinski definition) is 1. The summed E-state index contributed by atoms with van der Waals surface area (Å²) in [6.45, 7) is 5.63. The predicted molar refractivity (Wildman–Crippen MR) is 118 cm³/mol. The van der Waals surface area contributed by atoms with Gasteiger partial charge in [0.15, 0.2) is 0 Å². The summed E-state index contributed by atoms with van der Waals surface area (Å²) in [7, 11) is 0. The summed E-state index contributed by atoms with van der Waals surface area (Å²) in [5, 5.41) is 4.34. The van der Waals surface area contributed by atoms with E-state index in [-0.39, 0.29) is 0 Å². The fourth-order valence-electron chi connectivity index (χ4n) is 3.17. The number of benzene rings is 3. The first kappa shape index (κ1) is 20.4. The van der Waals surface area contributed by atoms with E-state index >= 15 is 0 Å². The van der Waals surface area contributed by atoms with Crippen molar-refractivity contribution in [3.8, 4) is 5.75 Å². The van der Waals surface area contributed by atoms with Crippen molar-refractivity contribution in [2.45, 2.75) is 45.9 Å². The Kier molecular flexibility index (Phi) is 7.53. The minimum atomic E-state index is 0.406. The number of rotatable bonds is 9. The Morgan fingerprint density at radius 1 is 0.929 bits per heavy atom. The molecule has 0 fully saturated rings. The van der Waals surface area contributed by atoms with Gasteiger partial charge in [-0.25, -0.2) is 0 Å². The zero-order valence-corrected chi connectivity index (χ0v) is 17.4. The molecule has 0 heterocycles. The highest BCUT2D eigenvalue weighted by molar-refractivity contribution is 6.30. The number of aryl methyl sites for hydroxylation is 2. The standard InChI is InChI=1S/C25H28ClNO/c1-19-8-6-7-11-22(19)18-28-25-15-14-24(26)16-23(25)17-27-20(2)12-13-21-9-4-3-5-10-21/h3-11,14-16,20,27H,12-13,17-18H2,1-2H3/t20-/m0/s1. The second kappa shape index (κ2) is 10.3. The van der Waals surface area contributed by atoms with Gasteiger partial charge < -0.3 is 10.1 Å². The topological polar surface area (TPSA) is 21.3 Å². The molecule has 3 aromatic rings. The molecular formula is C25H28ClNO. The monoisotopic (exact) mass is 393 g/mol. The van der Waals surface area contributed by atoms with E-state index in [9.17, 15) is 0 Å². The van der Waals surface area contributed by atoms with Crippen LogP contribution in [0.25, 0.3) is 0 Å². The van der Waals surface area contributed by atoms with Crippen molar-refractivity contribution < 1.29 is 4.74 Å². The average Bonchev–Trinajstić information content (AvgIpc) is 2.72. The normalized spacial score (nSPS) is 12.0.